The highest BCUT2D eigenvalue weighted by molar-refractivity contribution is 6.32. The summed E-state index contributed by atoms with van der Waals surface area (Å²) in [6.45, 7) is 3.52. The Bertz CT molecular complexity index is 1140. The van der Waals surface area contributed by atoms with Crippen molar-refractivity contribution in [3.63, 3.8) is 0 Å². The lowest BCUT2D eigenvalue weighted by atomic mass is 10.0. The standard InChI is InChI=1S/C22H18ClN3O3/c1-13(2)20-10-17(16-5-3-4-6-19(16)26-20)22(28)29-12-21(27)25-15-8-7-14(11-24)18(23)9-15/h3-10,13H,12H2,1-2H3,(H,25,27). The van der Waals surface area contributed by atoms with Gasteiger partial charge in [0.2, 0.25) is 0 Å². The third-order valence-corrected chi connectivity index (χ3v) is 4.57. The van der Waals surface area contributed by atoms with Gasteiger partial charge in [0.05, 0.1) is 21.7 Å². The first-order valence-corrected chi connectivity index (χ1v) is 9.33. The van der Waals surface area contributed by atoms with Crippen LogP contribution in [-0.4, -0.2) is 23.5 Å². The predicted octanol–water partition coefficient (Wildman–Crippen LogP) is 4.68. The first-order chi connectivity index (χ1) is 13.9. The molecule has 0 atom stereocenters. The fourth-order valence-corrected chi connectivity index (χ4v) is 2.97. The maximum absolute atomic E-state index is 12.6. The lowest BCUT2D eigenvalue weighted by Crippen LogP contribution is -2.21. The number of anilines is 1. The fourth-order valence-electron chi connectivity index (χ4n) is 2.75. The number of carbonyl (C=O) groups is 2. The van der Waals surface area contributed by atoms with Crippen molar-refractivity contribution in [1.82, 2.24) is 4.98 Å². The zero-order valence-corrected chi connectivity index (χ0v) is 16.7. The van der Waals surface area contributed by atoms with Crippen molar-refractivity contribution in [3.8, 4) is 6.07 Å². The summed E-state index contributed by atoms with van der Waals surface area (Å²) >= 11 is 5.95. The van der Waals surface area contributed by atoms with Crippen molar-refractivity contribution >= 4 is 40.1 Å². The Hall–Kier alpha value is -3.43. The quantitative estimate of drug-likeness (QED) is 0.620. The highest BCUT2D eigenvalue weighted by atomic mass is 35.5. The number of aromatic nitrogens is 1. The van der Waals surface area contributed by atoms with E-state index in [1.54, 1.807) is 18.2 Å². The first-order valence-electron chi connectivity index (χ1n) is 8.95. The molecule has 0 radical (unpaired) electrons. The van der Waals surface area contributed by atoms with Gasteiger partial charge >= 0.3 is 5.97 Å². The smallest absolute Gasteiger partial charge is 0.339 e. The van der Waals surface area contributed by atoms with E-state index in [4.69, 9.17) is 21.6 Å². The molecule has 1 aromatic heterocycles. The molecule has 0 fully saturated rings. The highest BCUT2D eigenvalue weighted by Crippen LogP contribution is 2.23. The van der Waals surface area contributed by atoms with Gasteiger partial charge < -0.3 is 10.1 Å². The summed E-state index contributed by atoms with van der Waals surface area (Å²) in [7, 11) is 0. The van der Waals surface area contributed by atoms with Crippen LogP contribution in [0.4, 0.5) is 5.69 Å². The summed E-state index contributed by atoms with van der Waals surface area (Å²) in [5, 5.41) is 12.4. The monoisotopic (exact) mass is 407 g/mol. The molecule has 1 N–H and O–H groups in total. The summed E-state index contributed by atoms with van der Waals surface area (Å²) in [4.78, 5) is 29.4. The van der Waals surface area contributed by atoms with E-state index in [1.807, 2.05) is 38.1 Å². The molecule has 0 aliphatic carbocycles. The second-order valence-electron chi connectivity index (χ2n) is 6.70. The molecule has 0 saturated carbocycles. The molecule has 1 amide bonds. The summed E-state index contributed by atoms with van der Waals surface area (Å²) in [6, 6.07) is 15.5. The van der Waals surface area contributed by atoms with Crippen LogP contribution in [0.1, 0.15) is 41.4 Å². The maximum Gasteiger partial charge on any atom is 0.339 e. The third kappa shape index (κ3) is 4.71. The van der Waals surface area contributed by atoms with E-state index >= 15 is 0 Å². The summed E-state index contributed by atoms with van der Waals surface area (Å²) in [5.74, 6) is -0.976. The van der Waals surface area contributed by atoms with Gasteiger partial charge in [0.15, 0.2) is 6.61 Å². The number of hydrogen-bond donors (Lipinski definition) is 1. The number of amides is 1. The Labute approximate surface area is 173 Å². The van der Waals surface area contributed by atoms with E-state index in [0.717, 1.165) is 5.69 Å². The van der Waals surface area contributed by atoms with Crippen molar-refractivity contribution in [2.45, 2.75) is 19.8 Å². The van der Waals surface area contributed by atoms with Crippen LogP contribution >= 0.6 is 11.6 Å². The number of ether oxygens (including phenoxy) is 1. The number of nitriles is 1. The van der Waals surface area contributed by atoms with E-state index in [2.05, 4.69) is 10.3 Å². The van der Waals surface area contributed by atoms with Crippen LogP contribution in [0.2, 0.25) is 5.02 Å². The minimum Gasteiger partial charge on any atom is -0.452 e. The Morgan fingerprint density at radius 2 is 1.97 bits per heavy atom. The lowest BCUT2D eigenvalue weighted by Gasteiger charge is -2.12. The van der Waals surface area contributed by atoms with Crippen molar-refractivity contribution in [2.75, 3.05) is 11.9 Å². The number of rotatable bonds is 5. The van der Waals surface area contributed by atoms with E-state index < -0.39 is 18.5 Å². The Kier molecular flexibility index (Phi) is 6.10. The molecule has 0 aliphatic rings. The molecular weight excluding hydrogens is 390 g/mol. The van der Waals surface area contributed by atoms with Gasteiger partial charge in [-0.05, 0) is 36.2 Å². The van der Waals surface area contributed by atoms with Gasteiger partial charge in [-0.25, -0.2) is 4.79 Å². The van der Waals surface area contributed by atoms with Crippen LogP contribution in [0.3, 0.4) is 0 Å². The average molecular weight is 408 g/mol. The van der Waals surface area contributed by atoms with E-state index in [1.165, 1.54) is 12.1 Å². The van der Waals surface area contributed by atoms with Crippen molar-refractivity contribution in [1.29, 1.82) is 5.26 Å². The van der Waals surface area contributed by atoms with Gasteiger partial charge in [-0.15, -0.1) is 0 Å². The largest absolute Gasteiger partial charge is 0.452 e. The second kappa shape index (κ2) is 8.72. The van der Waals surface area contributed by atoms with Crippen LogP contribution in [0.25, 0.3) is 10.9 Å². The normalized spacial score (nSPS) is 10.6. The molecule has 146 valence electrons. The van der Waals surface area contributed by atoms with E-state index in [0.29, 0.717) is 27.7 Å². The molecule has 0 unspecified atom stereocenters. The topological polar surface area (TPSA) is 92.1 Å². The molecule has 2 aromatic carbocycles. The molecule has 1 heterocycles. The molecule has 3 rings (SSSR count). The molecule has 0 bridgehead atoms. The van der Waals surface area contributed by atoms with Gasteiger partial charge in [0.25, 0.3) is 5.91 Å². The number of carbonyl (C=O) groups excluding carboxylic acids is 2. The van der Waals surface area contributed by atoms with Crippen molar-refractivity contribution in [3.05, 3.63) is 70.4 Å². The molecule has 0 saturated heterocycles. The number of halogens is 1. The van der Waals surface area contributed by atoms with Gasteiger partial charge in [0, 0.05) is 16.8 Å². The number of para-hydroxylation sites is 1. The molecule has 7 heteroatoms. The molecular formula is C22H18ClN3O3. The Morgan fingerprint density at radius 3 is 2.66 bits per heavy atom. The third-order valence-electron chi connectivity index (χ3n) is 4.26. The van der Waals surface area contributed by atoms with Crippen molar-refractivity contribution in [2.24, 2.45) is 0 Å². The second-order valence-corrected chi connectivity index (χ2v) is 7.10. The zero-order valence-electron chi connectivity index (χ0n) is 15.9. The van der Waals surface area contributed by atoms with Gasteiger partial charge in [-0.3, -0.25) is 9.78 Å². The SMILES string of the molecule is CC(C)c1cc(C(=O)OCC(=O)Nc2ccc(C#N)c(Cl)c2)c2ccccc2n1. The minimum absolute atomic E-state index is 0.135. The minimum atomic E-state index is -0.599. The van der Waals surface area contributed by atoms with Gasteiger partial charge in [-0.1, -0.05) is 43.6 Å². The molecule has 3 aromatic rings. The maximum atomic E-state index is 12.6. The molecule has 29 heavy (non-hydrogen) atoms. The number of nitrogens with zero attached hydrogens (tertiary/aromatic N) is 2. The Morgan fingerprint density at radius 1 is 1.21 bits per heavy atom. The first kappa shape index (κ1) is 20.3. The predicted molar refractivity (Wildman–Crippen MR) is 111 cm³/mol. The molecule has 0 spiro atoms. The summed E-state index contributed by atoms with van der Waals surface area (Å²) in [5.41, 5.74) is 2.55. The summed E-state index contributed by atoms with van der Waals surface area (Å²) < 4.78 is 5.22. The van der Waals surface area contributed by atoms with Gasteiger partial charge in [-0.2, -0.15) is 5.26 Å². The molecule has 0 aliphatic heterocycles. The number of hydrogen-bond acceptors (Lipinski definition) is 5. The lowest BCUT2D eigenvalue weighted by molar-refractivity contribution is -0.119. The number of fused-ring (bicyclic) bond motifs is 1. The molecule has 6 nitrogen and oxygen atoms in total. The van der Waals surface area contributed by atoms with Crippen LogP contribution in [0, 0.1) is 11.3 Å². The van der Waals surface area contributed by atoms with Crippen LogP contribution in [0.15, 0.2) is 48.5 Å². The van der Waals surface area contributed by atoms with Gasteiger partial charge in [0.1, 0.15) is 6.07 Å². The average Bonchev–Trinajstić information content (AvgIpc) is 2.71. The fraction of sp³-hybridized carbons (Fsp3) is 0.182. The van der Waals surface area contributed by atoms with Crippen LogP contribution < -0.4 is 5.32 Å². The van der Waals surface area contributed by atoms with Crippen molar-refractivity contribution < 1.29 is 14.3 Å². The number of benzene rings is 2. The zero-order chi connectivity index (χ0) is 21.0. The van der Waals surface area contributed by atoms with Crippen LogP contribution in [0.5, 0.6) is 0 Å². The number of pyridine rings is 1. The number of nitrogens with one attached hydrogen (secondary N) is 1. The van der Waals surface area contributed by atoms with E-state index in [-0.39, 0.29) is 10.9 Å². The van der Waals surface area contributed by atoms with Crippen LogP contribution in [-0.2, 0) is 9.53 Å². The van der Waals surface area contributed by atoms with E-state index in [9.17, 15) is 9.59 Å². The highest BCUT2D eigenvalue weighted by Gasteiger charge is 2.17. The Balaban J connectivity index is 1.73. The number of esters is 1. The summed E-state index contributed by atoms with van der Waals surface area (Å²) in [6.07, 6.45) is 0.